The van der Waals surface area contributed by atoms with Crippen LogP contribution < -0.4 is 16.0 Å². The molecule has 0 radical (unpaired) electrons. The van der Waals surface area contributed by atoms with E-state index in [0.29, 0.717) is 24.5 Å². The number of hydrogen-bond acceptors (Lipinski definition) is 4. The molecule has 0 unspecified atom stereocenters. The first-order chi connectivity index (χ1) is 9.69. The molecule has 110 valence electrons. The quantitative estimate of drug-likeness (QED) is 0.666. The lowest BCUT2D eigenvalue weighted by molar-refractivity contribution is -0.120. The van der Waals surface area contributed by atoms with E-state index in [1.54, 1.807) is 18.3 Å². The van der Waals surface area contributed by atoms with Crippen LogP contribution in [0.4, 0.5) is 5.82 Å². The first-order valence-corrected chi connectivity index (χ1v) is 6.92. The van der Waals surface area contributed by atoms with Gasteiger partial charge in [-0.1, -0.05) is 6.92 Å². The van der Waals surface area contributed by atoms with E-state index in [1.165, 1.54) is 0 Å². The Hall–Kier alpha value is -2.11. The molecule has 20 heavy (non-hydrogen) atoms. The molecule has 0 bridgehead atoms. The summed E-state index contributed by atoms with van der Waals surface area (Å²) < 4.78 is 0. The van der Waals surface area contributed by atoms with Crippen LogP contribution in [-0.4, -0.2) is 36.4 Å². The Balaban J connectivity index is 2.52. The zero-order valence-electron chi connectivity index (χ0n) is 12.0. The minimum atomic E-state index is -0.221. The summed E-state index contributed by atoms with van der Waals surface area (Å²) >= 11 is 0. The molecule has 1 heterocycles. The number of amides is 2. The Morgan fingerprint density at radius 3 is 2.70 bits per heavy atom. The first kappa shape index (κ1) is 15.9. The van der Waals surface area contributed by atoms with Crippen LogP contribution in [-0.2, 0) is 4.79 Å². The number of pyridine rings is 1. The molecule has 0 saturated carbocycles. The summed E-state index contributed by atoms with van der Waals surface area (Å²) in [6.07, 6.45) is 2.87. The van der Waals surface area contributed by atoms with E-state index in [1.807, 2.05) is 13.8 Å². The molecule has 0 atom stereocenters. The second-order valence-electron chi connectivity index (χ2n) is 4.29. The molecule has 3 N–H and O–H groups in total. The summed E-state index contributed by atoms with van der Waals surface area (Å²) in [4.78, 5) is 27.5. The minimum Gasteiger partial charge on any atom is -0.369 e. The molecule has 0 aliphatic heterocycles. The number of carbonyl (C=O) groups excluding carboxylic acids is 2. The maximum atomic E-state index is 12.0. The van der Waals surface area contributed by atoms with Gasteiger partial charge in [-0.25, -0.2) is 4.98 Å². The van der Waals surface area contributed by atoms with Gasteiger partial charge in [0.15, 0.2) is 0 Å². The highest BCUT2D eigenvalue weighted by atomic mass is 16.2. The van der Waals surface area contributed by atoms with Gasteiger partial charge in [-0.2, -0.15) is 0 Å². The SMILES string of the molecule is CCCNc1ncccc1C(=O)NCCC(=O)NCC. The zero-order valence-corrected chi connectivity index (χ0v) is 12.0. The third kappa shape index (κ3) is 5.26. The number of anilines is 1. The van der Waals surface area contributed by atoms with Crippen molar-refractivity contribution in [2.24, 2.45) is 0 Å². The van der Waals surface area contributed by atoms with Crippen LogP contribution in [0.5, 0.6) is 0 Å². The van der Waals surface area contributed by atoms with Crippen molar-refractivity contribution in [3.63, 3.8) is 0 Å². The highest BCUT2D eigenvalue weighted by Gasteiger charge is 2.11. The van der Waals surface area contributed by atoms with Crippen LogP contribution in [0.3, 0.4) is 0 Å². The molecule has 1 aromatic heterocycles. The predicted octanol–water partition coefficient (Wildman–Crippen LogP) is 1.16. The molecule has 0 aliphatic carbocycles. The van der Waals surface area contributed by atoms with Crippen molar-refractivity contribution in [3.8, 4) is 0 Å². The van der Waals surface area contributed by atoms with E-state index in [4.69, 9.17) is 0 Å². The van der Waals surface area contributed by atoms with Gasteiger partial charge in [-0.15, -0.1) is 0 Å². The van der Waals surface area contributed by atoms with Crippen molar-refractivity contribution in [2.75, 3.05) is 25.0 Å². The van der Waals surface area contributed by atoms with Crippen molar-refractivity contribution in [3.05, 3.63) is 23.9 Å². The fourth-order valence-electron chi connectivity index (χ4n) is 1.64. The molecule has 1 rings (SSSR count). The lowest BCUT2D eigenvalue weighted by atomic mass is 10.2. The maximum Gasteiger partial charge on any atom is 0.255 e. The second-order valence-corrected chi connectivity index (χ2v) is 4.29. The van der Waals surface area contributed by atoms with Gasteiger partial charge < -0.3 is 16.0 Å². The molecule has 6 nitrogen and oxygen atoms in total. The van der Waals surface area contributed by atoms with Crippen LogP contribution in [0.25, 0.3) is 0 Å². The van der Waals surface area contributed by atoms with Crippen molar-refractivity contribution >= 4 is 17.6 Å². The van der Waals surface area contributed by atoms with E-state index in [0.717, 1.165) is 13.0 Å². The van der Waals surface area contributed by atoms with Crippen molar-refractivity contribution < 1.29 is 9.59 Å². The molecule has 1 aromatic rings. The highest BCUT2D eigenvalue weighted by molar-refractivity contribution is 5.98. The van der Waals surface area contributed by atoms with Crippen LogP contribution in [0, 0.1) is 0 Å². The normalized spacial score (nSPS) is 9.90. The van der Waals surface area contributed by atoms with Gasteiger partial charge in [0.1, 0.15) is 5.82 Å². The van der Waals surface area contributed by atoms with E-state index in [-0.39, 0.29) is 18.2 Å². The summed E-state index contributed by atoms with van der Waals surface area (Å²) in [5.41, 5.74) is 0.497. The average molecular weight is 278 g/mol. The maximum absolute atomic E-state index is 12.0. The summed E-state index contributed by atoms with van der Waals surface area (Å²) in [5, 5.41) is 8.52. The molecule has 0 saturated heterocycles. The molecule has 0 spiro atoms. The molecular weight excluding hydrogens is 256 g/mol. The topological polar surface area (TPSA) is 83.1 Å². The minimum absolute atomic E-state index is 0.0664. The second kappa shape index (κ2) is 8.90. The smallest absolute Gasteiger partial charge is 0.255 e. The lowest BCUT2D eigenvalue weighted by Crippen LogP contribution is -2.31. The molecule has 2 amide bonds. The van der Waals surface area contributed by atoms with E-state index < -0.39 is 0 Å². The lowest BCUT2D eigenvalue weighted by Gasteiger charge is -2.10. The number of nitrogens with zero attached hydrogens (tertiary/aromatic N) is 1. The Kier molecular flexibility index (Phi) is 7.10. The molecule has 0 fully saturated rings. The van der Waals surface area contributed by atoms with Crippen molar-refractivity contribution in [1.82, 2.24) is 15.6 Å². The number of carbonyl (C=O) groups is 2. The molecule has 0 aromatic carbocycles. The van der Waals surface area contributed by atoms with Crippen LogP contribution in [0.1, 0.15) is 37.0 Å². The summed E-state index contributed by atoms with van der Waals surface area (Å²) in [5.74, 6) is 0.286. The summed E-state index contributed by atoms with van der Waals surface area (Å²) in [7, 11) is 0. The van der Waals surface area contributed by atoms with Gasteiger partial charge in [0.25, 0.3) is 5.91 Å². The monoisotopic (exact) mass is 278 g/mol. The Labute approximate surface area is 119 Å². The Morgan fingerprint density at radius 2 is 2.00 bits per heavy atom. The van der Waals surface area contributed by atoms with Crippen LogP contribution in [0.15, 0.2) is 18.3 Å². The third-order valence-electron chi connectivity index (χ3n) is 2.61. The number of hydrogen-bond donors (Lipinski definition) is 3. The summed E-state index contributed by atoms with van der Waals surface area (Å²) in [6.45, 7) is 5.57. The first-order valence-electron chi connectivity index (χ1n) is 6.92. The van der Waals surface area contributed by atoms with Gasteiger partial charge >= 0.3 is 0 Å². The molecular formula is C14H22N4O2. The van der Waals surface area contributed by atoms with Crippen LogP contribution >= 0.6 is 0 Å². The Morgan fingerprint density at radius 1 is 1.20 bits per heavy atom. The van der Waals surface area contributed by atoms with Gasteiger partial charge in [-0.05, 0) is 25.5 Å². The van der Waals surface area contributed by atoms with Crippen molar-refractivity contribution in [1.29, 1.82) is 0 Å². The third-order valence-corrected chi connectivity index (χ3v) is 2.61. The number of nitrogens with one attached hydrogen (secondary N) is 3. The zero-order chi connectivity index (χ0) is 14.8. The molecule has 6 heteroatoms. The average Bonchev–Trinajstić information content (AvgIpc) is 2.45. The number of aromatic nitrogens is 1. The van der Waals surface area contributed by atoms with Gasteiger partial charge in [-0.3, -0.25) is 9.59 Å². The number of rotatable bonds is 8. The fraction of sp³-hybridized carbons (Fsp3) is 0.500. The van der Waals surface area contributed by atoms with Gasteiger partial charge in [0, 0.05) is 32.3 Å². The fourth-order valence-corrected chi connectivity index (χ4v) is 1.64. The largest absolute Gasteiger partial charge is 0.369 e. The van der Waals surface area contributed by atoms with Crippen molar-refractivity contribution in [2.45, 2.75) is 26.7 Å². The summed E-state index contributed by atoms with van der Waals surface area (Å²) in [6, 6.07) is 3.43. The van der Waals surface area contributed by atoms with E-state index in [9.17, 15) is 9.59 Å². The van der Waals surface area contributed by atoms with E-state index in [2.05, 4.69) is 20.9 Å². The van der Waals surface area contributed by atoms with E-state index >= 15 is 0 Å². The highest BCUT2D eigenvalue weighted by Crippen LogP contribution is 2.11. The standard InChI is InChI=1S/C14H22N4O2/c1-3-8-16-13-11(6-5-9-17-13)14(20)18-10-7-12(19)15-4-2/h5-6,9H,3-4,7-8,10H2,1-2H3,(H,15,19)(H,16,17)(H,18,20). The van der Waals surface area contributed by atoms with Gasteiger partial charge in [0.2, 0.25) is 5.91 Å². The molecule has 0 aliphatic rings. The van der Waals surface area contributed by atoms with Gasteiger partial charge in [0.05, 0.1) is 5.56 Å². The van der Waals surface area contributed by atoms with Crippen LogP contribution in [0.2, 0.25) is 0 Å². The predicted molar refractivity (Wildman–Crippen MR) is 78.7 cm³/mol. The Bertz CT molecular complexity index is 449.